The lowest BCUT2D eigenvalue weighted by molar-refractivity contribution is 1.18. The molecule has 180 valence electrons. The molecule has 8 aromatic rings. The fraction of sp³-hybridized carbons (Fsp3) is 0. The summed E-state index contributed by atoms with van der Waals surface area (Å²) in [6.45, 7) is 0. The molecule has 0 radical (unpaired) electrons. The number of hydrogen-bond donors (Lipinski definition) is 0. The average Bonchev–Trinajstić information content (AvgIpc) is 3.34. The van der Waals surface area contributed by atoms with Crippen molar-refractivity contribution in [2.45, 2.75) is 0 Å². The van der Waals surface area contributed by atoms with E-state index in [-0.39, 0.29) is 0 Å². The highest BCUT2D eigenvalue weighted by Crippen LogP contribution is 2.41. The summed E-state index contributed by atoms with van der Waals surface area (Å²) in [4.78, 5) is 0. The highest BCUT2D eigenvalue weighted by Gasteiger charge is 2.18. The van der Waals surface area contributed by atoms with E-state index >= 15 is 0 Å². The van der Waals surface area contributed by atoms with Gasteiger partial charge in [-0.25, -0.2) is 0 Å². The van der Waals surface area contributed by atoms with E-state index < -0.39 is 0 Å². The molecule has 0 aliphatic heterocycles. The minimum absolute atomic E-state index is 0.694. The number of hydrogen-bond acceptors (Lipinski definition) is 1. The summed E-state index contributed by atoms with van der Waals surface area (Å²) in [5, 5.41) is 19.3. The van der Waals surface area contributed by atoms with Gasteiger partial charge in [-0.1, -0.05) is 84.9 Å². The molecule has 2 nitrogen and oxygen atoms in total. The molecular formula is C37H22N2. The van der Waals surface area contributed by atoms with Gasteiger partial charge in [-0.2, -0.15) is 5.26 Å². The number of aromatic nitrogens is 1. The molecule has 0 atom stereocenters. The Balaban J connectivity index is 1.52. The summed E-state index contributed by atoms with van der Waals surface area (Å²) in [6.07, 6.45) is 0. The molecule has 1 aromatic heterocycles. The first-order valence-corrected chi connectivity index (χ1v) is 13.2. The maximum Gasteiger partial charge on any atom is 0.0998 e. The smallest absolute Gasteiger partial charge is 0.0998 e. The molecular weight excluding hydrogens is 472 g/mol. The minimum Gasteiger partial charge on any atom is -0.309 e. The van der Waals surface area contributed by atoms with Crippen LogP contribution in [0.1, 0.15) is 5.56 Å². The highest BCUT2D eigenvalue weighted by molar-refractivity contribution is 6.17. The van der Waals surface area contributed by atoms with Crippen molar-refractivity contribution in [1.29, 1.82) is 5.26 Å². The van der Waals surface area contributed by atoms with Crippen molar-refractivity contribution >= 4 is 54.1 Å². The van der Waals surface area contributed by atoms with Gasteiger partial charge < -0.3 is 4.57 Å². The van der Waals surface area contributed by atoms with Crippen molar-refractivity contribution in [3.63, 3.8) is 0 Å². The van der Waals surface area contributed by atoms with E-state index in [0.717, 1.165) is 33.0 Å². The van der Waals surface area contributed by atoms with Crippen LogP contribution in [0.15, 0.2) is 133 Å². The monoisotopic (exact) mass is 494 g/mol. The molecule has 2 heteroatoms. The largest absolute Gasteiger partial charge is 0.309 e. The molecule has 0 aliphatic rings. The van der Waals surface area contributed by atoms with Gasteiger partial charge in [0.15, 0.2) is 0 Å². The molecule has 0 spiro atoms. The highest BCUT2D eigenvalue weighted by atomic mass is 15.0. The lowest BCUT2D eigenvalue weighted by atomic mass is 9.91. The number of para-hydroxylation sites is 3. The average molecular weight is 495 g/mol. The number of nitriles is 1. The molecule has 1 heterocycles. The predicted octanol–water partition coefficient (Wildman–Crippen LogP) is 9.78. The van der Waals surface area contributed by atoms with Crippen molar-refractivity contribution < 1.29 is 0 Å². The Morgan fingerprint density at radius 2 is 1.13 bits per heavy atom. The molecule has 0 saturated carbocycles. The zero-order valence-electron chi connectivity index (χ0n) is 21.1. The van der Waals surface area contributed by atoms with E-state index in [9.17, 15) is 5.26 Å². The second-order valence-corrected chi connectivity index (χ2v) is 10.1. The predicted molar refractivity (Wildman–Crippen MR) is 163 cm³/mol. The van der Waals surface area contributed by atoms with E-state index in [1.54, 1.807) is 0 Å². The second kappa shape index (κ2) is 8.31. The van der Waals surface area contributed by atoms with Crippen LogP contribution in [0.25, 0.3) is 70.9 Å². The third-order valence-corrected chi connectivity index (χ3v) is 7.96. The second-order valence-electron chi connectivity index (χ2n) is 10.1. The van der Waals surface area contributed by atoms with Gasteiger partial charge in [0.05, 0.1) is 22.7 Å². The van der Waals surface area contributed by atoms with Crippen LogP contribution >= 0.6 is 0 Å². The zero-order chi connectivity index (χ0) is 25.9. The molecule has 8 rings (SSSR count). The van der Waals surface area contributed by atoms with Crippen LogP contribution in [0, 0.1) is 11.3 Å². The number of benzene rings is 7. The van der Waals surface area contributed by atoms with Gasteiger partial charge in [-0.15, -0.1) is 0 Å². The number of rotatable bonds is 2. The Kier molecular flexibility index (Phi) is 4.62. The molecule has 0 N–H and O–H groups in total. The van der Waals surface area contributed by atoms with Crippen molar-refractivity contribution in [1.82, 2.24) is 4.57 Å². The van der Waals surface area contributed by atoms with Gasteiger partial charge >= 0.3 is 0 Å². The molecule has 0 fully saturated rings. The SMILES string of the molecule is N#Cc1ccc(-c2cccc3c4ccccc4n(-c4ccccc4)c23)c2cc3cc4ccccc4cc3cc12. The van der Waals surface area contributed by atoms with E-state index in [4.69, 9.17) is 0 Å². The van der Waals surface area contributed by atoms with Crippen LogP contribution < -0.4 is 0 Å². The third-order valence-electron chi connectivity index (χ3n) is 7.96. The van der Waals surface area contributed by atoms with Crippen LogP contribution in [-0.4, -0.2) is 4.57 Å². The van der Waals surface area contributed by atoms with E-state index in [1.807, 2.05) is 6.07 Å². The number of nitrogens with zero attached hydrogens (tertiary/aromatic N) is 2. The maximum atomic E-state index is 10.0. The molecule has 0 bridgehead atoms. The van der Waals surface area contributed by atoms with Crippen LogP contribution in [0.3, 0.4) is 0 Å². The molecule has 0 saturated heterocycles. The zero-order valence-corrected chi connectivity index (χ0v) is 21.1. The van der Waals surface area contributed by atoms with Gasteiger partial charge in [0.2, 0.25) is 0 Å². The third kappa shape index (κ3) is 3.21. The van der Waals surface area contributed by atoms with Gasteiger partial charge in [0.25, 0.3) is 0 Å². The topological polar surface area (TPSA) is 28.7 Å². The first kappa shape index (κ1) is 21.7. The first-order chi connectivity index (χ1) is 19.3. The van der Waals surface area contributed by atoms with Crippen LogP contribution in [0.4, 0.5) is 0 Å². The number of fused-ring (bicyclic) bond motifs is 6. The van der Waals surface area contributed by atoms with Gasteiger partial charge in [0, 0.05) is 27.4 Å². The summed E-state index contributed by atoms with van der Waals surface area (Å²) in [5.41, 5.74) is 6.47. The fourth-order valence-electron chi connectivity index (χ4n) is 6.20. The molecule has 0 amide bonds. The van der Waals surface area contributed by atoms with E-state index in [0.29, 0.717) is 5.56 Å². The Labute approximate surface area is 225 Å². The van der Waals surface area contributed by atoms with Crippen LogP contribution in [0.5, 0.6) is 0 Å². The summed E-state index contributed by atoms with van der Waals surface area (Å²) >= 11 is 0. The molecule has 0 unspecified atom stereocenters. The van der Waals surface area contributed by atoms with E-state index in [1.165, 1.54) is 38.0 Å². The Hall–Kier alpha value is -5.39. The van der Waals surface area contributed by atoms with Crippen molar-refractivity contribution in [2.24, 2.45) is 0 Å². The van der Waals surface area contributed by atoms with Crippen molar-refractivity contribution in [2.75, 3.05) is 0 Å². The van der Waals surface area contributed by atoms with Gasteiger partial charge in [-0.05, 0) is 81.0 Å². The van der Waals surface area contributed by atoms with Crippen molar-refractivity contribution in [3.8, 4) is 22.9 Å². The summed E-state index contributed by atoms with van der Waals surface area (Å²) in [6, 6.07) is 49.7. The Morgan fingerprint density at radius 3 is 1.90 bits per heavy atom. The quantitative estimate of drug-likeness (QED) is 0.220. The Bertz CT molecular complexity index is 2280. The summed E-state index contributed by atoms with van der Waals surface area (Å²) < 4.78 is 2.37. The van der Waals surface area contributed by atoms with Crippen molar-refractivity contribution in [3.05, 3.63) is 139 Å². The van der Waals surface area contributed by atoms with Gasteiger partial charge in [-0.3, -0.25) is 0 Å². The van der Waals surface area contributed by atoms with Gasteiger partial charge in [0.1, 0.15) is 0 Å². The lowest BCUT2D eigenvalue weighted by Crippen LogP contribution is -1.95. The van der Waals surface area contributed by atoms with E-state index in [2.05, 4.69) is 138 Å². The minimum atomic E-state index is 0.694. The summed E-state index contributed by atoms with van der Waals surface area (Å²) in [5.74, 6) is 0. The van der Waals surface area contributed by atoms with Crippen LogP contribution in [-0.2, 0) is 0 Å². The molecule has 39 heavy (non-hydrogen) atoms. The fourth-order valence-corrected chi connectivity index (χ4v) is 6.20. The molecule has 7 aromatic carbocycles. The Morgan fingerprint density at radius 1 is 0.462 bits per heavy atom. The normalized spacial score (nSPS) is 11.6. The molecule has 0 aliphatic carbocycles. The lowest BCUT2D eigenvalue weighted by Gasteiger charge is -2.15. The van der Waals surface area contributed by atoms with Crippen LogP contribution in [0.2, 0.25) is 0 Å². The standard InChI is InChI=1S/C37H22N2/c38-23-26-17-18-30(35-22-28-20-25-10-5-4-9-24(25)19-27(28)21-34(26)35)32-14-8-15-33-31-13-6-7-16-36(31)39(37(32)33)29-11-2-1-3-12-29/h1-22H. The maximum absolute atomic E-state index is 10.0. The summed E-state index contributed by atoms with van der Waals surface area (Å²) in [7, 11) is 0. The first-order valence-electron chi connectivity index (χ1n) is 13.2.